The largest absolute Gasteiger partial charge is 0.357 e. The average molecular weight is 266 g/mol. The lowest BCUT2D eigenvalue weighted by atomic mass is 10.3. The van der Waals surface area contributed by atoms with Gasteiger partial charge in [-0.1, -0.05) is 13.8 Å². The van der Waals surface area contributed by atoms with Crippen molar-refractivity contribution in [3.63, 3.8) is 0 Å². The van der Waals surface area contributed by atoms with Crippen LogP contribution in [0.15, 0.2) is 11.3 Å². The number of aliphatic imine (C=N–C) groups is 1. The highest BCUT2D eigenvalue weighted by atomic mass is 15.3. The van der Waals surface area contributed by atoms with Gasteiger partial charge in [-0.15, -0.1) is 10.2 Å². The van der Waals surface area contributed by atoms with Gasteiger partial charge in [-0.3, -0.25) is 4.99 Å². The van der Waals surface area contributed by atoms with E-state index in [0.29, 0.717) is 6.04 Å². The third-order valence-electron chi connectivity index (χ3n) is 2.96. The van der Waals surface area contributed by atoms with Crippen molar-refractivity contribution in [2.24, 2.45) is 4.99 Å². The molecule has 0 spiro atoms. The first-order valence-corrected chi connectivity index (χ1v) is 7.12. The van der Waals surface area contributed by atoms with Crippen molar-refractivity contribution in [1.82, 2.24) is 25.4 Å². The van der Waals surface area contributed by atoms with E-state index in [1.54, 1.807) is 6.33 Å². The fourth-order valence-corrected chi connectivity index (χ4v) is 1.66. The maximum Gasteiger partial charge on any atom is 0.191 e. The van der Waals surface area contributed by atoms with Gasteiger partial charge in [0.15, 0.2) is 5.96 Å². The van der Waals surface area contributed by atoms with Gasteiger partial charge in [-0.25, -0.2) is 0 Å². The van der Waals surface area contributed by atoms with E-state index in [1.165, 1.54) is 0 Å². The Morgan fingerprint density at radius 3 is 2.84 bits per heavy atom. The van der Waals surface area contributed by atoms with Crippen molar-refractivity contribution < 1.29 is 0 Å². The van der Waals surface area contributed by atoms with Gasteiger partial charge in [0.2, 0.25) is 0 Å². The lowest BCUT2D eigenvalue weighted by Gasteiger charge is -2.16. The standard InChI is InChI=1S/C13H26N6/c1-5-11(4)17-13(14-7-3)15-8-9-19-10-16-18-12(19)6-2/h10-11H,5-9H2,1-4H3,(H2,14,15,17). The zero-order valence-corrected chi connectivity index (χ0v) is 12.5. The van der Waals surface area contributed by atoms with E-state index in [0.717, 1.165) is 44.3 Å². The van der Waals surface area contributed by atoms with Gasteiger partial charge in [0.1, 0.15) is 12.2 Å². The summed E-state index contributed by atoms with van der Waals surface area (Å²) in [4.78, 5) is 4.57. The molecule has 2 N–H and O–H groups in total. The molecule has 19 heavy (non-hydrogen) atoms. The Bertz CT molecular complexity index is 384. The predicted molar refractivity (Wildman–Crippen MR) is 78.3 cm³/mol. The second kappa shape index (κ2) is 8.50. The quantitative estimate of drug-likeness (QED) is 0.575. The first-order valence-electron chi connectivity index (χ1n) is 7.12. The molecule has 1 heterocycles. The molecule has 0 amide bonds. The molecule has 0 saturated heterocycles. The molecule has 0 aliphatic carbocycles. The Morgan fingerprint density at radius 2 is 2.21 bits per heavy atom. The van der Waals surface area contributed by atoms with Crippen LogP contribution in [0.1, 0.15) is 39.9 Å². The molecular formula is C13H26N6. The molecule has 0 radical (unpaired) electrons. The molecule has 1 atom stereocenters. The van der Waals surface area contributed by atoms with Crippen LogP contribution in [0, 0.1) is 0 Å². The highest BCUT2D eigenvalue weighted by molar-refractivity contribution is 5.79. The summed E-state index contributed by atoms with van der Waals surface area (Å²) in [6.45, 7) is 10.9. The maximum atomic E-state index is 4.57. The number of guanidine groups is 1. The van der Waals surface area contributed by atoms with Crippen LogP contribution in [0.2, 0.25) is 0 Å². The number of nitrogens with zero attached hydrogens (tertiary/aromatic N) is 4. The molecule has 0 bridgehead atoms. The summed E-state index contributed by atoms with van der Waals surface area (Å²) in [6, 6.07) is 0.430. The molecule has 0 fully saturated rings. The average Bonchev–Trinajstić information content (AvgIpc) is 2.86. The van der Waals surface area contributed by atoms with Crippen LogP contribution in [0.3, 0.4) is 0 Å². The van der Waals surface area contributed by atoms with Gasteiger partial charge < -0.3 is 15.2 Å². The molecule has 0 aromatic carbocycles. The van der Waals surface area contributed by atoms with Crippen LogP contribution in [0.25, 0.3) is 0 Å². The number of rotatable bonds is 7. The molecule has 6 heteroatoms. The minimum Gasteiger partial charge on any atom is -0.357 e. The smallest absolute Gasteiger partial charge is 0.191 e. The van der Waals surface area contributed by atoms with Gasteiger partial charge in [-0.05, 0) is 20.3 Å². The first kappa shape index (κ1) is 15.5. The molecule has 1 aromatic rings. The Morgan fingerprint density at radius 1 is 1.42 bits per heavy atom. The van der Waals surface area contributed by atoms with E-state index in [-0.39, 0.29) is 0 Å². The van der Waals surface area contributed by atoms with Crippen molar-refractivity contribution in [2.45, 2.75) is 53.1 Å². The summed E-state index contributed by atoms with van der Waals surface area (Å²) in [5.41, 5.74) is 0. The molecule has 0 aliphatic rings. The highest BCUT2D eigenvalue weighted by Gasteiger charge is 2.03. The third kappa shape index (κ3) is 5.28. The van der Waals surface area contributed by atoms with Crippen molar-refractivity contribution in [3.8, 4) is 0 Å². The second-order valence-corrected chi connectivity index (χ2v) is 4.51. The van der Waals surface area contributed by atoms with Gasteiger partial charge in [0, 0.05) is 25.6 Å². The van der Waals surface area contributed by atoms with E-state index < -0.39 is 0 Å². The molecule has 108 valence electrons. The van der Waals surface area contributed by atoms with E-state index in [9.17, 15) is 0 Å². The van der Waals surface area contributed by atoms with E-state index in [1.807, 2.05) is 0 Å². The van der Waals surface area contributed by atoms with Gasteiger partial charge in [0.25, 0.3) is 0 Å². The van der Waals surface area contributed by atoms with E-state index in [2.05, 4.69) is 58.1 Å². The lowest BCUT2D eigenvalue weighted by molar-refractivity contribution is 0.617. The Hall–Kier alpha value is -1.59. The number of aromatic nitrogens is 3. The van der Waals surface area contributed by atoms with Crippen LogP contribution < -0.4 is 10.6 Å². The summed E-state index contributed by atoms with van der Waals surface area (Å²) < 4.78 is 2.05. The van der Waals surface area contributed by atoms with E-state index in [4.69, 9.17) is 0 Å². The zero-order chi connectivity index (χ0) is 14.1. The van der Waals surface area contributed by atoms with Crippen LogP contribution in [0.5, 0.6) is 0 Å². The molecule has 1 rings (SSSR count). The molecular weight excluding hydrogens is 240 g/mol. The number of hydrogen-bond acceptors (Lipinski definition) is 3. The molecule has 0 aliphatic heterocycles. The van der Waals surface area contributed by atoms with Crippen molar-refractivity contribution in [3.05, 3.63) is 12.2 Å². The van der Waals surface area contributed by atoms with Gasteiger partial charge >= 0.3 is 0 Å². The number of hydrogen-bond donors (Lipinski definition) is 2. The van der Waals surface area contributed by atoms with Gasteiger partial charge in [0.05, 0.1) is 6.54 Å². The Labute approximate surface area is 115 Å². The normalized spacial score (nSPS) is 13.4. The zero-order valence-electron chi connectivity index (χ0n) is 12.5. The Kier molecular flexibility index (Phi) is 6.92. The minimum absolute atomic E-state index is 0.430. The summed E-state index contributed by atoms with van der Waals surface area (Å²) >= 11 is 0. The fraction of sp³-hybridized carbons (Fsp3) is 0.769. The summed E-state index contributed by atoms with van der Waals surface area (Å²) in [5.74, 6) is 1.89. The molecule has 1 unspecified atom stereocenters. The van der Waals surface area contributed by atoms with Crippen LogP contribution in [0.4, 0.5) is 0 Å². The van der Waals surface area contributed by atoms with Crippen LogP contribution in [-0.2, 0) is 13.0 Å². The van der Waals surface area contributed by atoms with Crippen LogP contribution >= 0.6 is 0 Å². The number of nitrogens with one attached hydrogen (secondary N) is 2. The van der Waals surface area contributed by atoms with Crippen molar-refractivity contribution in [1.29, 1.82) is 0 Å². The fourth-order valence-electron chi connectivity index (χ4n) is 1.66. The van der Waals surface area contributed by atoms with E-state index >= 15 is 0 Å². The monoisotopic (exact) mass is 266 g/mol. The summed E-state index contributed by atoms with van der Waals surface area (Å²) in [6.07, 6.45) is 3.74. The molecule has 6 nitrogen and oxygen atoms in total. The summed E-state index contributed by atoms with van der Waals surface area (Å²) in [7, 11) is 0. The SMILES string of the molecule is CCNC(=NCCn1cnnc1CC)NC(C)CC. The maximum absolute atomic E-state index is 4.57. The summed E-state index contributed by atoms with van der Waals surface area (Å²) in [5, 5.41) is 14.6. The topological polar surface area (TPSA) is 67.1 Å². The highest BCUT2D eigenvalue weighted by Crippen LogP contribution is 1.96. The minimum atomic E-state index is 0.430. The first-order chi connectivity index (χ1) is 9.21. The predicted octanol–water partition coefficient (Wildman–Crippen LogP) is 1.19. The van der Waals surface area contributed by atoms with Crippen molar-refractivity contribution >= 4 is 5.96 Å². The Balaban J connectivity index is 2.51. The van der Waals surface area contributed by atoms with Crippen LogP contribution in [-0.4, -0.2) is 39.9 Å². The molecule has 1 aromatic heterocycles. The van der Waals surface area contributed by atoms with Gasteiger partial charge in [-0.2, -0.15) is 0 Å². The van der Waals surface area contributed by atoms with Crippen molar-refractivity contribution in [2.75, 3.05) is 13.1 Å². The molecule has 0 saturated carbocycles. The second-order valence-electron chi connectivity index (χ2n) is 4.51. The lowest BCUT2D eigenvalue weighted by Crippen LogP contribution is -2.42. The number of aryl methyl sites for hydroxylation is 1. The third-order valence-corrected chi connectivity index (χ3v) is 2.96.